The number of rotatable bonds is 0. The highest BCUT2D eigenvalue weighted by atomic mass is 127. The third kappa shape index (κ3) is 1.48. The van der Waals surface area contributed by atoms with Gasteiger partial charge in [0.1, 0.15) is 0 Å². The van der Waals surface area contributed by atoms with Crippen molar-refractivity contribution in [1.82, 2.24) is 0 Å². The molecule has 0 nitrogen and oxygen atoms in total. The van der Waals surface area contributed by atoms with Crippen LogP contribution in [0.1, 0.15) is 17.5 Å². The lowest BCUT2D eigenvalue weighted by Gasteiger charge is -2.08. The molecule has 1 aromatic rings. The number of fused-ring (bicyclic) bond motifs is 1. The highest BCUT2D eigenvalue weighted by Gasteiger charge is 2.03. The lowest BCUT2D eigenvalue weighted by molar-refractivity contribution is 0.963. The maximum absolute atomic E-state index is 3.26. The standard InChI is InChI=1S/C10H8I/c11-10-6-5-8-3-1-2-4-9(8)7-10/h1,5-7H,2,4H2. The molecule has 0 aliphatic heterocycles. The topological polar surface area (TPSA) is 0 Å². The van der Waals surface area contributed by atoms with Gasteiger partial charge in [-0.3, -0.25) is 0 Å². The summed E-state index contributed by atoms with van der Waals surface area (Å²) in [6.45, 7) is 0. The molecule has 1 aliphatic rings. The van der Waals surface area contributed by atoms with Crippen molar-refractivity contribution < 1.29 is 0 Å². The van der Waals surface area contributed by atoms with Gasteiger partial charge in [0.05, 0.1) is 0 Å². The van der Waals surface area contributed by atoms with Gasteiger partial charge >= 0.3 is 0 Å². The second-order valence-electron chi connectivity index (χ2n) is 2.69. The summed E-state index contributed by atoms with van der Waals surface area (Å²) in [5.41, 5.74) is 2.72. The van der Waals surface area contributed by atoms with Crippen molar-refractivity contribution in [3.63, 3.8) is 0 Å². The van der Waals surface area contributed by atoms with Crippen LogP contribution in [0.3, 0.4) is 0 Å². The first-order chi connectivity index (χ1) is 5.36. The van der Waals surface area contributed by atoms with Gasteiger partial charge in [-0.05, 0) is 64.8 Å². The summed E-state index contributed by atoms with van der Waals surface area (Å²) in [4.78, 5) is 0. The van der Waals surface area contributed by atoms with Gasteiger partial charge in [0, 0.05) is 3.57 Å². The number of allylic oxidation sites excluding steroid dienone is 1. The zero-order valence-corrected chi connectivity index (χ0v) is 8.26. The van der Waals surface area contributed by atoms with Crippen LogP contribution in [0, 0.1) is 9.65 Å². The third-order valence-electron chi connectivity index (χ3n) is 1.88. The summed E-state index contributed by atoms with van der Waals surface area (Å²) in [5.74, 6) is 0. The van der Waals surface area contributed by atoms with Gasteiger partial charge in [-0.15, -0.1) is 0 Å². The van der Waals surface area contributed by atoms with Gasteiger partial charge < -0.3 is 0 Å². The van der Waals surface area contributed by atoms with Crippen LogP contribution in [0.4, 0.5) is 0 Å². The number of hydrogen-bond acceptors (Lipinski definition) is 0. The molecule has 1 radical (unpaired) electrons. The molecule has 0 heterocycles. The quantitative estimate of drug-likeness (QED) is 0.625. The van der Waals surface area contributed by atoms with Crippen LogP contribution in [0.15, 0.2) is 24.3 Å². The summed E-state index contributed by atoms with van der Waals surface area (Å²) in [6.07, 6.45) is 7.71. The largest absolute Gasteiger partial charge is 0.0757 e. The van der Waals surface area contributed by atoms with Gasteiger partial charge in [-0.2, -0.15) is 0 Å². The molecule has 0 spiro atoms. The van der Waals surface area contributed by atoms with Crippen LogP contribution in [0.25, 0.3) is 0 Å². The van der Waals surface area contributed by atoms with Crippen LogP contribution in [0.5, 0.6) is 0 Å². The van der Waals surface area contributed by atoms with E-state index in [1.807, 2.05) is 0 Å². The lowest BCUT2D eigenvalue weighted by Crippen LogP contribution is -1.94. The van der Waals surface area contributed by atoms with E-state index in [1.54, 1.807) is 0 Å². The molecule has 2 rings (SSSR count). The van der Waals surface area contributed by atoms with Gasteiger partial charge in [-0.1, -0.05) is 12.1 Å². The van der Waals surface area contributed by atoms with Gasteiger partial charge in [0.15, 0.2) is 0 Å². The van der Waals surface area contributed by atoms with Crippen molar-refractivity contribution in [2.75, 3.05) is 0 Å². The van der Waals surface area contributed by atoms with Crippen molar-refractivity contribution in [2.24, 2.45) is 0 Å². The van der Waals surface area contributed by atoms with Crippen LogP contribution in [0.2, 0.25) is 0 Å². The molecule has 11 heavy (non-hydrogen) atoms. The first kappa shape index (κ1) is 7.35. The average molecular weight is 255 g/mol. The van der Waals surface area contributed by atoms with Gasteiger partial charge in [-0.25, -0.2) is 0 Å². The van der Waals surface area contributed by atoms with Crippen LogP contribution in [-0.2, 0) is 6.42 Å². The Morgan fingerprint density at radius 1 is 1.36 bits per heavy atom. The molecule has 0 bridgehead atoms. The fourth-order valence-electron chi connectivity index (χ4n) is 1.32. The average Bonchev–Trinajstić information content (AvgIpc) is 2.04. The van der Waals surface area contributed by atoms with Crippen molar-refractivity contribution >= 4 is 22.6 Å². The molecule has 0 unspecified atom stereocenters. The minimum absolute atomic E-state index is 1.15. The SMILES string of the molecule is Ic1ccc2c(c1)CCC=[C]2. The van der Waals surface area contributed by atoms with E-state index in [4.69, 9.17) is 0 Å². The molecule has 1 heteroatoms. The van der Waals surface area contributed by atoms with Crippen molar-refractivity contribution in [1.29, 1.82) is 0 Å². The Balaban J connectivity index is 2.53. The Labute approximate surface area is 80.5 Å². The van der Waals surface area contributed by atoms with Crippen LogP contribution in [-0.4, -0.2) is 0 Å². The molecular weight excluding hydrogens is 247 g/mol. The molecule has 0 saturated heterocycles. The monoisotopic (exact) mass is 255 g/mol. The van der Waals surface area contributed by atoms with E-state index in [2.05, 4.69) is 52.9 Å². The van der Waals surface area contributed by atoms with E-state index in [-0.39, 0.29) is 0 Å². The lowest BCUT2D eigenvalue weighted by atomic mass is 9.98. The first-order valence-corrected chi connectivity index (χ1v) is 4.81. The number of hydrogen-bond donors (Lipinski definition) is 0. The number of aryl methyl sites for hydroxylation is 1. The van der Waals surface area contributed by atoms with E-state index in [0.717, 1.165) is 6.42 Å². The van der Waals surface area contributed by atoms with E-state index in [9.17, 15) is 0 Å². The maximum atomic E-state index is 3.26. The zero-order valence-electron chi connectivity index (χ0n) is 6.10. The third-order valence-corrected chi connectivity index (χ3v) is 2.55. The molecule has 0 atom stereocenters. The summed E-state index contributed by atoms with van der Waals surface area (Å²) in [6, 6.07) is 6.52. The van der Waals surface area contributed by atoms with Gasteiger partial charge in [0.25, 0.3) is 0 Å². The van der Waals surface area contributed by atoms with Gasteiger partial charge in [0.2, 0.25) is 0 Å². The fraction of sp³-hybridized carbons (Fsp3) is 0.200. The summed E-state index contributed by atoms with van der Waals surface area (Å²) >= 11 is 2.35. The molecule has 0 saturated carbocycles. The summed E-state index contributed by atoms with van der Waals surface area (Å²) in [5, 5.41) is 0. The summed E-state index contributed by atoms with van der Waals surface area (Å²) in [7, 11) is 0. The molecule has 0 aromatic heterocycles. The molecule has 1 aromatic carbocycles. The second kappa shape index (κ2) is 2.97. The van der Waals surface area contributed by atoms with Crippen molar-refractivity contribution in [3.8, 4) is 0 Å². The Morgan fingerprint density at radius 2 is 2.27 bits per heavy atom. The van der Waals surface area contributed by atoms with Crippen molar-refractivity contribution in [3.05, 3.63) is 45.0 Å². The predicted molar refractivity (Wildman–Crippen MR) is 54.4 cm³/mol. The Kier molecular flexibility index (Phi) is 1.98. The van der Waals surface area contributed by atoms with E-state index >= 15 is 0 Å². The Bertz CT molecular complexity index is 300. The maximum Gasteiger partial charge on any atom is 0.0133 e. The minimum atomic E-state index is 1.15. The molecular formula is C10H8I. The molecule has 55 valence electrons. The fourth-order valence-corrected chi connectivity index (χ4v) is 1.88. The normalized spacial score (nSPS) is 14.6. The highest BCUT2D eigenvalue weighted by Crippen LogP contribution is 2.19. The van der Waals surface area contributed by atoms with Crippen molar-refractivity contribution in [2.45, 2.75) is 12.8 Å². The number of benzene rings is 1. The molecule has 0 amide bonds. The first-order valence-electron chi connectivity index (χ1n) is 3.73. The van der Waals surface area contributed by atoms with Crippen LogP contribution < -0.4 is 0 Å². The smallest absolute Gasteiger partial charge is 0.0133 e. The Morgan fingerprint density at radius 3 is 3.18 bits per heavy atom. The van der Waals surface area contributed by atoms with Crippen LogP contribution >= 0.6 is 22.6 Å². The predicted octanol–water partition coefficient (Wildman–Crippen LogP) is 2.94. The van der Waals surface area contributed by atoms with E-state index in [0.29, 0.717) is 0 Å². The summed E-state index contributed by atoms with van der Waals surface area (Å²) < 4.78 is 1.32. The minimum Gasteiger partial charge on any atom is -0.0757 e. The Hall–Kier alpha value is -0.310. The van der Waals surface area contributed by atoms with E-state index in [1.165, 1.54) is 21.1 Å². The molecule has 0 N–H and O–H groups in total. The van der Waals surface area contributed by atoms with E-state index < -0.39 is 0 Å². The molecule has 1 aliphatic carbocycles. The zero-order chi connectivity index (χ0) is 7.68. The highest BCUT2D eigenvalue weighted by molar-refractivity contribution is 14.1. The second-order valence-corrected chi connectivity index (χ2v) is 3.93. The molecule has 0 fully saturated rings. The number of halogens is 1.